The predicted octanol–water partition coefficient (Wildman–Crippen LogP) is 4.04. The van der Waals surface area contributed by atoms with Gasteiger partial charge in [-0.3, -0.25) is 20.0 Å². The van der Waals surface area contributed by atoms with Crippen molar-refractivity contribution in [2.24, 2.45) is 0 Å². The van der Waals surface area contributed by atoms with Crippen molar-refractivity contribution in [2.75, 3.05) is 12.4 Å². The number of carbonyl (C=O) groups excluding carboxylic acids is 1. The van der Waals surface area contributed by atoms with Crippen molar-refractivity contribution in [1.82, 2.24) is 14.9 Å². The van der Waals surface area contributed by atoms with Crippen LogP contribution < -0.4 is 5.32 Å². The Morgan fingerprint density at radius 2 is 2.00 bits per heavy atom. The number of nitrogens with zero attached hydrogens (tertiary/aromatic N) is 3. The summed E-state index contributed by atoms with van der Waals surface area (Å²) in [7, 11) is 2.05. The number of carbonyl (C=O) groups is 1. The van der Waals surface area contributed by atoms with Crippen LogP contribution in [0.1, 0.15) is 32.1 Å². The third-order valence-electron chi connectivity index (χ3n) is 4.02. The summed E-state index contributed by atoms with van der Waals surface area (Å²) in [5.41, 5.74) is 3.98. The topological polar surface area (TPSA) is 58.1 Å². The monoisotopic (exact) mass is 366 g/mol. The smallest absolute Gasteiger partial charge is 0.257 e. The zero-order chi connectivity index (χ0) is 18.5. The highest BCUT2D eigenvalue weighted by Crippen LogP contribution is 2.18. The highest BCUT2D eigenvalue weighted by molar-refractivity contribution is 7.15. The number of amides is 1. The predicted molar refractivity (Wildman–Crippen MR) is 105 cm³/mol. The molecule has 0 radical (unpaired) electrons. The maximum atomic E-state index is 12.4. The van der Waals surface area contributed by atoms with Crippen molar-refractivity contribution in [2.45, 2.75) is 26.9 Å². The molecule has 0 saturated heterocycles. The minimum Gasteiger partial charge on any atom is -0.298 e. The van der Waals surface area contributed by atoms with Crippen LogP contribution in [-0.2, 0) is 13.1 Å². The quantitative estimate of drug-likeness (QED) is 0.715. The van der Waals surface area contributed by atoms with Gasteiger partial charge in [0.25, 0.3) is 5.91 Å². The Bertz CT molecular complexity index is 906. The minimum absolute atomic E-state index is 0.135. The number of hydrogen-bond donors (Lipinski definition) is 1. The average Bonchev–Trinajstić information content (AvgIpc) is 3.02. The zero-order valence-electron chi connectivity index (χ0n) is 15.2. The number of rotatable bonds is 6. The lowest BCUT2D eigenvalue weighted by atomic mass is 10.1. The second-order valence-corrected chi connectivity index (χ2v) is 7.60. The molecule has 0 unspecified atom stereocenters. The summed E-state index contributed by atoms with van der Waals surface area (Å²) in [6.07, 6.45) is 3.58. The fourth-order valence-electron chi connectivity index (χ4n) is 2.70. The third-order valence-corrected chi connectivity index (χ3v) is 4.85. The Kier molecular flexibility index (Phi) is 5.75. The van der Waals surface area contributed by atoms with E-state index < -0.39 is 0 Å². The first-order chi connectivity index (χ1) is 12.5. The molecule has 134 valence electrons. The molecule has 0 atom stereocenters. The molecule has 5 nitrogen and oxygen atoms in total. The number of pyridine rings is 1. The largest absolute Gasteiger partial charge is 0.298 e. The van der Waals surface area contributed by atoms with E-state index in [-0.39, 0.29) is 5.91 Å². The van der Waals surface area contributed by atoms with Crippen molar-refractivity contribution in [3.05, 3.63) is 76.1 Å². The van der Waals surface area contributed by atoms with Crippen molar-refractivity contribution < 1.29 is 4.79 Å². The van der Waals surface area contributed by atoms with Gasteiger partial charge in [0.05, 0.1) is 5.69 Å². The maximum Gasteiger partial charge on any atom is 0.257 e. The van der Waals surface area contributed by atoms with Crippen LogP contribution in [-0.4, -0.2) is 27.8 Å². The molecule has 2 aromatic heterocycles. The fraction of sp³-hybridized carbons (Fsp3) is 0.250. The molecule has 3 rings (SSSR count). The number of aryl methyl sites for hydroxylation is 2. The molecule has 0 aliphatic rings. The highest BCUT2D eigenvalue weighted by Gasteiger charge is 2.10. The van der Waals surface area contributed by atoms with Crippen LogP contribution in [0.3, 0.4) is 0 Å². The van der Waals surface area contributed by atoms with Crippen molar-refractivity contribution in [3.8, 4) is 0 Å². The summed E-state index contributed by atoms with van der Waals surface area (Å²) in [4.78, 5) is 24.3. The van der Waals surface area contributed by atoms with E-state index in [0.717, 1.165) is 29.2 Å². The van der Waals surface area contributed by atoms with Crippen molar-refractivity contribution >= 4 is 22.4 Å². The standard InChI is InChI=1S/C20H22N4OS/c1-14-6-5-9-21-18(14)13-24(3)12-16-7-4-8-17(10-16)19(25)23-20-22-11-15(2)26-20/h4-11H,12-13H2,1-3H3,(H,22,23,25). The third kappa shape index (κ3) is 4.74. The van der Waals surface area contributed by atoms with E-state index in [1.165, 1.54) is 16.9 Å². The number of benzene rings is 1. The average molecular weight is 366 g/mol. The van der Waals surface area contributed by atoms with Gasteiger partial charge in [0.2, 0.25) is 0 Å². The molecule has 0 aliphatic heterocycles. The van der Waals surface area contributed by atoms with Gasteiger partial charge in [-0.15, -0.1) is 11.3 Å². The van der Waals surface area contributed by atoms with E-state index in [1.54, 1.807) is 6.20 Å². The molecular weight excluding hydrogens is 344 g/mol. The molecule has 3 aromatic rings. The van der Waals surface area contributed by atoms with Crippen molar-refractivity contribution in [3.63, 3.8) is 0 Å². The maximum absolute atomic E-state index is 12.4. The van der Waals surface area contributed by atoms with Gasteiger partial charge in [0, 0.05) is 35.9 Å². The van der Waals surface area contributed by atoms with E-state index in [1.807, 2.05) is 43.5 Å². The van der Waals surface area contributed by atoms with Gasteiger partial charge in [-0.25, -0.2) is 4.98 Å². The molecule has 0 saturated carbocycles. The van der Waals surface area contributed by atoms with E-state index >= 15 is 0 Å². The molecule has 0 spiro atoms. The van der Waals surface area contributed by atoms with Crippen LogP contribution in [0, 0.1) is 13.8 Å². The molecule has 0 bridgehead atoms. The van der Waals surface area contributed by atoms with Crippen LogP contribution in [0.2, 0.25) is 0 Å². The summed E-state index contributed by atoms with van der Waals surface area (Å²) in [5, 5.41) is 3.48. The van der Waals surface area contributed by atoms with Gasteiger partial charge in [0.15, 0.2) is 5.13 Å². The SMILES string of the molecule is Cc1cnc(NC(=O)c2cccc(CN(C)Cc3ncccc3C)c2)s1. The highest BCUT2D eigenvalue weighted by atomic mass is 32.1. The van der Waals surface area contributed by atoms with Crippen LogP contribution >= 0.6 is 11.3 Å². The Labute approximate surface area is 157 Å². The molecule has 0 aliphatic carbocycles. The van der Waals surface area contributed by atoms with E-state index in [2.05, 4.69) is 40.2 Å². The van der Waals surface area contributed by atoms with Gasteiger partial charge in [-0.1, -0.05) is 18.2 Å². The normalized spacial score (nSPS) is 10.9. The van der Waals surface area contributed by atoms with E-state index in [9.17, 15) is 4.79 Å². The lowest BCUT2D eigenvalue weighted by Crippen LogP contribution is -2.19. The molecule has 1 aromatic carbocycles. The van der Waals surface area contributed by atoms with Crippen LogP contribution in [0.15, 0.2) is 48.8 Å². The van der Waals surface area contributed by atoms with Gasteiger partial charge < -0.3 is 0 Å². The second-order valence-electron chi connectivity index (χ2n) is 6.37. The van der Waals surface area contributed by atoms with Gasteiger partial charge in [0.1, 0.15) is 0 Å². The van der Waals surface area contributed by atoms with Crippen LogP contribution in [0.4, 0.5) is 5.13 Å². The molecule has 26 heavy (non-hydrogen) atoms. The first kappa shape index (κ1) is 18.2. The Hall–Kier alpha value is -2.57. The zero-order valence-corrected chi connectivity index (χ0v) is 16.0. The second kappa shape index (κ2) is 8.21. The summed E-state index contributed by atoms with van der Waals surface area (Å²) in [5.74, 6) is -0.135. The first-order valence-corrected chi connectivity index (χ1v) is 9.24. The molecule has 6 heteroatoms. The van der Waals surface area contributed by atoms with Gasteiger partial charge in [-0.05, 0) is 50.2 Å². The first-order valence-electron chi connectivity index (χ1n) is 8.43. The lowest BCUT2D eigenvalue weighted by Gasteiger charge is -2.17. The number of thiazole rings is 1. The van der Waals surface area contributed by atoms with Crippen molar-refractivity contribution in [1.29, 1.82) is 0 Å². The van der Waals surface area contributed by atoms with E-state index in [0.29, 0.717) is 10.7 Å². The number of aromatic nitrogens is 2. The van der Waals surface area contributed by atoms with Gasteiger partial charge in [-0.2, -0.15) is 0 Å². The fourth-order valence-corrected chi connectivity index (χ4v) is 3.36. The summed E-state index contributed by atoms with van der Waals surface area (Å²) in [6.45, 7) is 5.55. The number of hydrogen-bond acceptors (Lipinski definition) is 5. The Balaban J connectivity index is 1.65. The Morgan fingerprint density at radius 1 is 1.15 bits per heavy atom. The molecule has 1 N–H and O–H groups in total. The van der Waals surface area contributed by atoms with E-state index in [4.69, 9.17) is 0 Å². The molecular formula is C20H22N4OS. The van der Waals surface area contributed by atoms with Gasteiger partial charge >= 0.3 is 0 Å². The molecule has 1 amide bonds. The molecule has 0 fully saturated rings. The minimum atomic E-state index is -0.135. The van der Waals surface area contributed by atoms with Crippen LogP contribution in [0.5, 0.6) is 0 Å². The number of nitrogens with one attached hydrogen (secondary N) is 1. The van der Waals surface area contributed by atoms with Crippen LogP contribution in [0.25, 0.3) is 0 Å². The Morgan fingerprint density at radius 3 is 2.73 bits per heavy atom. The molecule has 2 heterocycles. The summed E-state index contributed by atoms with van der Waals surface area (Å²) < 4.78 is 0. The lowest BCUT2D eigenvalue weighted by molar-refractivity contribution is 0.102. The number of anilines is 1. The summed E-state index contributed by atoms with van der Waals surface area (Å²) in [6, 6.07) is 11.7. The summed E-state index contributed by atoms with van der Waals surface area (Å²) >= 11 is 1.47.